The number of hydrogen-bond donors (Lipinski definition) is 1. The summed E-state index contributed by atoms with van der Waals surface area (Å²) in [6, 6.07) is 9.86. The number of allylic oxidation sites excluding steroid dienone is 6. The van der Waals surface area contributed by atoms with E-state index in [1.54, 1.807) is 0 Å². The van der Waals surface area contributed by atoms with E-state index < -0.39 is 11.5 Å². The third-order valence-electron chi connectivity index (χ3n) is 5.82. The van der Waals surface area contributed by atoms with Gasteiger partial charge in [0.1, 0.15) is 17.6 Å². The Bertz CT molecular complexity index is 890. The fourth-order valence-corrected chi connectivity index (χ4v) is 4.09. The molecule has 1 aromatic rings. The first-order valence-corrected chi connectivity index (χ1v) is 10.5. The van der Waals surface area contributed by atoms with Gasteiger partial charge in [0.15, 0.2) is 5.78 Å². The van der Waals surface area contributed by atoms with Crippen LogP contribution in [0.15, 0.2) is 76.8 Å². The number of benzene rings is 1. The topological polar surface area (TPSA) is 55.8 Å². The SMILES string of the molecule is COC1=CC(=O)C(CC=C(C)C)(CC=C(C)C)C2=C1[C@@H](O)C[C@@H](c1ccccc1)O2. The van der Waals surface area contributed by atoms with Crippen molar-refractivity contribution >= 4 is 5.78 Å². The van der Waals surface area contributed by atoms with Crippen LogP contribution in [0.2, 0.25) is 0 Å². The summed E-state index contributed by atoms with van der Waals surface area (Å²) in [7, 11) is 1.53. The number of ether oxygens (including phenoxy) is 2. The largest absolute Gasteiger partial charge is 0.496 e. The molecule has 0 bridgehead atoms. The fourth-order valence-electron chi connectivity index (χ4n) is 4.09. The van der Waals surface area contributed by atoms with Crippen LogP contribution in [0.3, 0.4) is 0 Å². The Balaban J connectivity index is 2.17. The van der Waals surface area contributed by atoms with E-state index in [1.165, 1.54) is 13.2 Å². The summed E-state index contributed by atoms with van der Waals surface area (Å²) < 4.78 is 12.0. The molecule has 160 valence electrons. The first kappa shape index (κ1) is 22.1. The van der Waals surface area contributed by atoms with E-state index in [4.69, 9.17) is 9.47 Å². The molecule has 1 aliphatic heterocycles. The van der Waals surface area contributed by atoms with Crippen LogP contribution in [0.1, 0.15) is 58.6 Å². The van der Waals surface area contributed by atoms with E-state index in [9.17, 15) is 9.90 Å². The maximum Gasteiger partial charge on any atom is 0.173 e. The summed E-state index contributed by atoms with van der Waals surface area (Å²) in [5.41, 5.74) is 2.98. The van der Waals surface area contributed by atoms with E-state index in [-0.39, 0.29) is 11.9 Å². The van der Waals surface area contributed by atoms with E-state index >= 15 is 0 Å². The van der Waals surface area contributed by atoms with Crippen LogP contribution in [0.5, 0.6) is 0 Å². The number of rotatable bonds is 6. The Morgan fingerprint density at radius 1 is 1.13 bits per heavy atom. The molecule has 1 N–H and O–H groups in total. The summed E-state index contributed by atoms with van der Waals surface area (Å²) in [5.74, 6) is 0.905. The van der Waals surface area contributed by atoms with Gasteiger partial charge in [-0.2, -0.15) is 0 Å². The Hall–Kier alpha value is -2.59. The number of hydrogen-bond acceptors (Lipinski definition) is 4. The number of carbonyl (C=O) groups excluding carboxylic acids is 1. The monoisotopic (exact) mass is 408 g/mol. The van der Waals surface area contributed by atoms with Gasteiger partial charge >= 0.3 is 0 Å². The number of methoxy groups -OCH3 is 1. The standard InChI is InChI=1S/C26H32O4/c1-17(2)11-13-26(14-12-18(3)4)23(28)16-22(29-5)24-20(27)15-21(30-25(24)26)19-9-7-6-8-10-19/h6-12,16,20-21,27H,13-15H2,1-5H3/t20-,21-/m0/s1. The predicted octanol–water partition coefficient (Wildman–Crippen LogP) is 5.58. The molecule has 30 heavy (non-hydrogen) atoms. The zero-order valence-electron chi connectivity index (χ0n) is 18.6. The molecule has 0 radical (unpaired) electrons. The maximum atomic E-state index is 13.5. The van der Waals surface area contributed by atoms with E-state index in [1.807, 2.05) is 58.0 Å². The minimum absolute atomic E-state index is 0.0472. The number of aliphatic hydroxyl groups excluding tert-OH is 1. The molecule has 0 unspecified atom stereocenters. The summed E-state index contributed by atoms with van der Waals surface area (Å²) in [6.45, 7) is 8.10. The average Bonchev–Trinajstić information content (AvgIpc) is 2.72. The second-order valence-corrected chi connectivity index (χ2v) is 8.64. The van der Waals surface area contributed by atoms with Gasteiger partial charge < -0.3 is 14.6 Å². The number of aliphatic hydroxyl groups is 1. The molecule has 1 heterocycles. The van der Waals surface area contributed by atoms with Gasteiger partial charge in [0.2, 0.25) is 0 Å². The Morgan fingerprint density at radius 2 is 1.73 bits per heavy atom. The van der Waals surface area contributed by atoms with Gasteiger partial charge in [-0.25, -0.2) is 0 Å². The Kier molecular flexibility index (Phi) is 6.67. The maximum absolute atomic E-state index is 13.5. The van der Waals surface area contributed by atoms with Crippen LogP contribution in [0.4, 0.5) is 0 Å². The number of carbonyl (C=O) groups is 1. The molecule has 2 atom stereocenters. The molecule has 0 aromatic heterocycles. The molecular formula is C26H32O4. The lowest BCUT2D eigenvalue weighted by atomic mass is 9.68. The van der Waals surface area contributed by atoms with Gasteiger partial charge in [0, 0.05) is 12.5 Å². The average molecular weight is 409 g/mol. The highest BCUT2D eigenvalue weighted by atomic mass is 16.5. The summed E-state index contributed by atoms with van der Waals surface area (Å²) >= 11 is 0. The van der Waals surface area contributed by atoms with E-state index in [0.717, 1.165) is 16.7 Å². The van der Waals surface area contributed by atoms with Crippen molar-refractivity contribution in [1.29, 1.82) is 0 Å². The molecule has 1 aromatic carbocycles. The molecule has 4 nitrogen and oxygen atoms in total. The van der Waals surface area contributed by atoms with Gasteiger partial charge in [-0.1, -0.05) is 53.6 Å². The van der Waals surface area contributed by atoms with Crippen molar-refractivity contribution in [2.75, 3.05) is 7.11 Å². The lowest BCUT2D eigenvalue weighted by molar-refractivity contribution is -0.126. The van der Waals surface area contributed by atoms with E-state index in [0.29, 0.717) is 36.4 Å². The summed E-state index contributed by atoms with van der Waals surface area (Å²) in [5, 5.41) is 11.1. The van der Waals surface area contributed by atoms with Gasteiger partial charge in [0.05, 0.1) is 24.2 Å². The lowest BCUT2D eigenvalue weighted by Gasteiger charge is -2.43. The molecule has 0 spiro atoms. The zero-order chi connectivity index (χ0) is 21.9. The smallest absolute Gasteiger partial charge is 0.173 e. The first-order chi connectivity index (χ1) is 14.3. The molecule has 0 fully saturated rings. The summed E-state index contributed by atoms with van der Waals surface area (Å²) in [4.78, 5) is 13.5. The van der Waals surface area contributed by atoms with Crippen LogP contribution >= 0.6 is 0 Å². The third kappa shape index (κ3) is 4.29. The van der Waals surface area contributed by atoms with Crippen LogP contribution in [-0.4, -0.2) is 24.1 Å². The van der Waals surface area contributed by atoms with Crippen molar-refractivity contribution in [3.63, 3.8) is 0 Å². The predicted molar refractivity (Wildman–Crippen MR) is 119 cm³/mol. The van der Waals surface area contributed by atoms with Gasteiger partial charge in [0.25, 0.3) is 0 Å². The highest BCUT2D eigenvalue weighted by molar-refractivity contribution is 6.00. The molecule has 3 rings (SSSR count). The summed E-state index contributed by atoms with van der Waals surface area (Å²) in [6.07, 6.45) is 6.05. The molecule has 0 saturated heterocycles. The second-order valence-electron chi connectivity index (χ2n) is 8.64. The van der Waals surface area contributed by atoms with E-state index in [2.05, 4.69) is 12.2 Å². The minimum atomic E-state index is -0.889. The van der Waals surface area contributed by atoms with Crippen molar-refractivity contribution in [2.45, 2.75) is 59.2 Å². The molecule has 1 aliphatic carbocycles. The Morgan fingerprint density at radius 3 is 2.27 bits per heavy atom. The quantitative estimate of drug-likeness (QED) is 0.625. The van der Waals surface area contributed by atoms with Crippen LogP contribution in [0.25, 0.3) is 0 Å². The molecule has 0 amide bonds. The van der Waals surface area contributed by atoms with Gasteiger partial charge in [-0.05, 0) is 46.1 Å². The van der Waals surface area contributed by atoms with Crippen molar-refractivity contribution < 1.29 is 19.4 Å². The van der Waals surface area contributed by atoms with Crippen LogP contribution < -0.4 is 0 Å². The molecular weight excluding hydrogens is 376 g/mol. The van der Waals surface area contributed by atoms with Crippen molar-refractivity contribution in [3.05, 3.63) is 82.4 Å². The van der Waals surface area contributed by atoms with Crippen molar-refractivity contribution in [1.82, 2.24) is 0 Å². The molecule has 0 saturated carbocycles. The van der Waals surface area contributed by atoms with Crippen LogP contribution in [0, 0.1) is 5.41 Å². The van der Waals surface area contributed by atoms with Crippen LogP contribution in [-0.2, 0) is 14.3 Å². The normalized spacial score (nSPS) is 22.5. The second kappa shape index (κ2) is 9.05. The zero-order valence-corrected chi connectivity index (χ0v) is 18.6. The fraction of sp³-hybridized carbons (Fsp3) is 0.423. The third-order valence-corrected chi connectivity index (χ3v) is 5.82. The van der Waals surface area contributed by atoms with Gasteiger partial charge in [-0.3, -0.25) is 4.79 Å². The Labute approximate surface area is 179 Å². The lowest BCUT2D eigenvalue weighted by Crippen LogP contribution is -2.42. The highest BCUT2D eigenvalue weighted by Gasteiger charge is 2.50. The molecule has 2 aliphatic rings. The molecule has 4 heteroatoms. The van der Waals surface area contributed by atoms with Crippen molar-refractivity contribution in [3.8, 4) is 0 Å². The highest BCUT2D eigenvalue weighted by Crippen LogP contribution is 2.51. The van der Waals surface area contributed by atoms with Gasteiger partial charge in [-0.15, -0.1) is 0 Å². The minimum Gasteiger partial charge on any atom is -0.496 e. The number of ketones is 1. The first-order valence-electron chi connectivity index (χ1n) is 10.5. The van der Waals surface area contributed by atoms with Crippen molar-refractivity contribution in [2.24, 2.45) is 5.41 Å².